The lowest BCUT2D eigenvalue weighted by molar-refractivity contribution is -0.384. The van der Waals surface area contributed by atoms with Crippen LogP contribution >= 0.6 is 0 Å². The third kappa shape index (κ3) is 3.44. The molecule has 0 amide bonds. The molecule has 0 aliphatic carbocycles. The SMILES string of the molecule is CC(C)C(CNc1ccccc1[N+](=O)[O-])C(=O)O. The van der Waals surface area contributed by atoms with Crippen LogP contribution in [0.1, 0.15) is 13.8 Å². The van der Waals surface area contributed by atoms with E-state index in [1.165, 1.54) is 6.07 Å². The minimum atomic E-state index is -0.906. The third-order valence-electron chi connectivity index (χ3n) is 2.74. The predicted octanol–water partition coefficient (Wildman–Crippen LogP) is 2.36. The Hall–Kier alpha value is -2.11. The van der Waals surface area contributed by atoms with Crippen LogP contribution in [-0.2, 0) is 4.79 Å². The molecular weight excluding hydrogens is 236 g/mol. The van der Waals surface area contributed by atoms with Gasteiger partial charge in [0.15, 0.2) is 0 Å². The summed E-state index contributed by atoms with van der Waals surface area (Å²) >= 11 is 0. The molecular formula is C12H16N2O4. The first kappa shape index (κ1) is 14.0. The Morgan fingerprint density at radius 1 is 1.44 bits per heavy atom. The van der Waals surface area contributed by atoms with Crippen molar-refractivity contribution in [2.45, 2.75) is 13.8 Å². The Kier molecular flexibility index (Phi) is 4.65. The van der Waals surface area contributed by atoms with Gasteiger partial charge in [0.25, 0.3) is 5.69 Å². The van der Waals surface area contributed by atoms with Gasteiger partial charge in [-0.15, -0.1) is 0 Å². The van der Waals surface area contributed by atoms with Crippen LogP contribution in [0, 0.1) is 22.0 Å². The number of hydrogen-bond acceptors (Lipinski definition) is 4. The van der Waals surface area contributed by atoms with Crippen LogP contribution in [0.5, 0.6) is 0 Å². The molecule has 0 bridgehead atoms. The number of nitro benzene ring substituents is 1. The molecule has 1 atom stereocenters. The molecule has 0 aliphatic rings. The molecule has 0 aromatic heterocycles. The number of nitro groups is 1. The molecule has 6 nitrogen and oxygen atoms in total. The molecule has 6 heteroatoms. The fourth-order valence-corrected chi connectivity index (χ4v) is 1.61. The molecule has 0 spiro atoms. The van der Waals surface area contributed by atoms with Crippen molar-refractivity contribution in [3.05, 3.63) is 34.4 Å². The number of carboxylic acids is 1. The first-order valence-electron chi connectivity index (χ1n) is 5.63. The Bertz CT molecular complexity index is 445. The number of carbonyl (C=O) groups is 1. The molecule has 1 rings (SSSR count). The Morgan fingerprint density at radius 2 is 2.06 bits per heavy atom. The summed E-state index contributed by atoms with van der Waals surface area (Å²) in [6.45, 7) is 3.78. The van der Waals surface area contributed by atoms with Crippen LogP contribution in [0.15, 0.2) is 24.3 Å². The minimum absolute atomic E-state index is 0.0437. The zero-order chi connectivity index (χ0) is 13.7. The first-order chi connectivity index (χ1) is 8.43. The van der Waals surface area contributed by atoms with Crippen LogP contribution in [-0.4, -0.2) is 22.5 Å². The maximum absolute atomic E-state index is 11.0. The average Bonchev–Trinajstić information content (AvgIpc) is 2.28. The highest BCUT2D eigenvalue weighted by atomic mass is 16.6. The molecule has 0 fully saturated rings. The number of carboxylic acid groups (broad SMARTS) is 1. The van der Waals surface area contributed by atoms with Gasteiger partial charge in [-0.2, -0.15) is 0 Å². The summed E-state index contributed by atoms with van der Waals surface area (Å²) in [5, 5.41) is 22.6. The number of para-hydroxylation sites is 2. The topological polar surface area (TPSA) is 92.5 Å². The summed E-state index contributed by atoms with van der Waals surface area (Å²) in [4.78, 5) is 21.3. The highest BCUT2D eigenvalue weighted by molar-refractivity contribution is 5.71. The van der Waals surface area contributed by atoms with Crippen molar-refractivity contribution in [3.63, 3.8) is 0 Å². The lowest BCUT2D eigenvalue weighted by atomic mass is 9.96. The molecule has 98 valence electrons. The molecule has 18 heavy (non-hydrogen) atoms. The Labute approximate surface area is 105 Å². The standard InChI is InChI=1S/C12H16N2O4/c1-8(2)9(12(15)16)7-13-10-5-3-4-6-11(10)14(17)18/h3-6,8-9,13H,7H2,1-2H3,(H,15,16). The van der Waals surface area contributed by atoms with Crippen molar-refractivity contribution in [1.82, 2.24) is 0 Å². The van der Waals surface area contributed by atoms with Gasteiger partial charge in [-0.25, -0.2) is 0 Å². The van der Waals surface area contributed by atoms with Gasteiger partial charge in [0.05, 0.1) is 10.8 Å². The average molecular weight is 252 g/mol. The van der Waals surface area contributed by atoms with Crippen LogP contribution in [0.25, 0.3) is 0 Å². The van der Waals surface area contributed by atoms with Gasteiger partial charge < -0.3 is 10.4 Å². The molecule has 0 radical (unpaired) electrons. The summed E-state index contributed by atoms with van der Waals surface area (Å²) in [5.74, 6) is -1.53. The lowest BCUT2D eigenvalue weighted by Gasteiger charge is -2.17. The number of hydrogen-bond donors (Lipinski definition) is 2. The first-order valence-corrected chi connectivity index (χ1v) is 5.63. The molecule has 0 saturated heterocycles. The van der Waals surface area contributed by atoms with Crippen LogP contribution in [0.4, 0.5) is 11.4 Å². The smallest absolute Gasteiger partial charge is 0.308 e. The normalized spacial score (nSPS) is 12.2. The van der Waals surface area contributed by atoms with Gasteiger partial charge in [0, 0.05) is 12.6 Å². The van der Waals surface area contributed by atoms with Crippen LogP contribution in [0.3, 0.4) is 0 Å². The van der Waals surface area contributed by atoms with E-state index in [9.17, 15) is 14.9 Å². The van der Waals surface area contributed by atoms with Crippen LogP contribution in [0.2, 0.25) is 0 Å². The number of nitrogens with one attached hydrogen (secondary N) is 1. The van der Waals surface area contributed by atoms with Gasteiger partial charge in [0.2, 0.25) is 0 Å². The van der Waals surface area contributed by atoms with E-state index in [0.717, 1.165) is 0 Å². The minimum Gasteiger partial charge on any atom is -0.481 e. The highest BCUT2D eigenvalue weighted by Gasteiger charge is 2.22. The number of benzene rings is 1. The molecule has 0 aliphatic heterocycles. The number of rotatable bonds is 6. The van der Waals surface area contributed by atoms with E-state index in [-0.39, 0.29) is 18.2 Å². The number of aliphatic carboxylic acids is 1. The Morgan fingerprint density at radius 3 is 2.56 bits per heavy atom. The van der Waals surface area contributed by atoms with E-state index in [1.807, 2.05) is 0 Å². The summed E-state index contributed by atoms with van der Waals surface area (Å²) < 4.78 is 0. The fraction of sp³-hybridized carbons (Fsp3) is 0.417. The summed E-state index contributed by atoms with van der Waals surface area (Å²) in [6, 6.07) is 6.19. The van der Waals surface area contributed by atoms with Crippen molar-refractivity contribution in [3.8, 4) is 0 Å². The Balaban J connectivity index is 2.79. The van der Waals surface area contributed by atoms with Gasteiger partial charge >= 0.3 is 5.97 Å². The molecule has 0 saturated carbocycles. The van der Waals surface area contributed by atoms with Crippen molar-refractivity contribution < 1.29 is 14.8 Å². The molecule has 1 aromatic rings. The van der Waals surface area contributed by atoms with Gasteiger partial charge in [-0.3, -0.25) is 14.9 Å². The van der Waals surface area contributed by atoms with Crippen molar-refractivity contribution in [2.75, 3.05) is 11.9 Å². The van der Waals surface area contributed by atoms with Crippen molar-refractivity contribution >= 4 is 17.3 Å². The largest absolute Gasteiger partial charge is 0.481 e. The number of nitrogens with zero attached hydrogens (tertiary/aromatic N) is 1. The molecule has 1 unspecified atom stereocenters. The van der Waals surface area contributed by atoms with E-state index < -0.39 is 16.8 Å². The van der Waals surface area contributed by atoms with Gasteiger partial charge in [0.1, 0.15) is 5.69 Å². The van der Waals surface area contributed by atoms with E-state index in [0.29, 0.717) is 5.69 Å². The monoisotopic (exact) mass is 252 g/mol. The van der Waals surface area contributed by atoms with Crippen LogP contribution < -0.4 is 5.32 Å². The van der Waals surface area contributed by atoms with Crippen molar-refractivity contribution in [1.29, 1.82) is 0 Å². The summed E-state index contributed by atoms with van der Waals surface area (Å²) in [6.07, 6.45) is 0. The van der Waals surface area contributed by atoms with Gasteiger partial charge in [-0.1, -0.05) is 26.0 Å². The van der Waals surface area contributed by atoms with Crippen molar-refractivity contribution in [2.24, 2.45) is 11.8 Å². The molecule has 0 heterocycles. The summed E-state index contributed by atoms with van der Waals surface area (Å²) in [5.41, 5.74) is 0.291. The lowest BCUT2D eigenvalue weighted by Crippen LogP contribution is -2.27. The number of anilines is 1. The maximum atomic E-state index is 11.0. The van der Waals surface area contributed by atoms with E-state index in [1.54, 1.807) is 32.0 Å². The molecule has 2 N–H and O–H groups in total. The molecule has 1 aromatic carbocycles. The quantitative estimate of drug-likeness (QED) is 0.599. The summed E-state index contributed by atoms with van der Waals surface area (Å²) in [7, 11) is 0. The zero-order valence-electron chi connectivity index (χ0n) is 10.3. The van der Waals surface area contributed by atoms with Gasteiger partial charge in [-0.05, 0) is 12.0 Å². The maximum Gasteiger partial charge on any atom is 0.308 e. The van der Waals surface area contributed by atoms with E-state index >= 15 is 0 Å². The second-order valence-electron chi connectivity index (χ2n) is 4.34. The second kappa shape index (κ2) is 6.00. The predicted molar refractivity (Wildman–Crippen MR) is 67.5 cm³/mol. The third-order valence-corrected chi connectivity index (χ3v) is 2.74. The highest BCUT2D eigenvalue weighted by Crippen LogP contribution is 2.24. The van der Waals surface area contributed by atoms with E-state index in [2.05, 4.69) is 5.32 Å². The zero-order valence-corrected chi connectivity index (χ0v) is 10.3. The fourth-order valence-electron chi connectivity index (χ4n) is 1.61. The second-order valence-corrected chi connectivity index (χ2v) is 4.34. The van der Waals surface area contributed by atoms with E-state index in [4.69, 9.17) is 5.11 Å².